The number of hydrogen-bond acceptors (Lipinski definition) is 6. The Labute approximate surface area is 389 Å². The van der Waals surface area contributed by atoms with Crippen molar-refractivity contribution >= 4 is 30.4 Å². The molecule has 0 radical (unpaired) electrons. The Bertz CT molecular complexity index is 3640. The zero-order valence-electron chi connectivity index (χ0n) is 35.6. The van der Waals surface area contributed by atoms with Crippen LogP contribution in [0.3, 0.4) is 0 Å². The molecule has 0 spiro atoms. The molecule has 67 heavy (non-hydrogen) atoms. The Hall–Kier alpha value is -7.29. The van der Waals surface area contributed by atoms with Crippen LogP contribution in [0.1, 0.15) is 5.56 Å². The maximum Gasteiger partial charge on any atom is 0.294 e. The van der Waals surface area contributed by atoms with Crippen LogP contribution in [0.15, 0.2) is 221 Å². The molecule has 9 aromatic rings. The molecule has 0 bridgehead atoms. The lowest BCUT2D eigenvalue weighted by Gasteiger charge is -2.23. The van der Waals surface area contributed by atoms with E-state index in [0.717, 1.165) is 77.9 Å². The summed E-state index contributed by atoms with van der Waals surface area (Å²) >= 11 is 0. The van der Waals surface area contributed by atoms with Crippen molar-refractivity contribution in [3.05, 3.63) is 212 Å². The quantitative estimate of drug-likeness (QED) is 0.107. The van der Waals surface area contributed by atoms with E-state index in [1.807, 2.05) is 97.9 Å². The van der Waals surface area contributed by atoms with Crippen molar-refractivity contribution in [3.63, 3.8) is 0 Å². The smallest absolute Gasteiger partial charge is 0.282 e. The molecule has 0 saturated heterocycles. The summed E-state index contributed by atoms with van der Waals surface area (Å²) in [5, 5.41) is 0. The van der Waals surface area contributed by atoms with Crippen LogP contribution in [-0.4, -0.2) is 38.9 Å². The lowest BCUT2D eigenvalue weighted by atomic mass is 9.81. The minimum atomic E-state index is -4.48. The highest BCUT2D eigenvalue weighted by atomic mass is 32.2. The Kier molecular flexibility index (Phi) is 11.9. The highest BCUT2D eigenvalue weighted by Crippen LogP contribution is 2.49. The minimum Gasteiger partial charge on any atom is -0.282 e. The van der Waals surface area contributed by atoms with Gasteiger partial charge in [0.2, 0.25) is 0 Å². The van der Waals surface area contributed by atoms with E-state index in [0.29, 0.717) is 16.7 Å². The van der Waals surface area contributed by atoms with Gasteiger partial charge in [0.1, 0.15) is 0 Å². The largest absolute Gasteiger partial charge is 0.294 e. The van der Waals surface area contributed by atoms with E-state index in [1.165, 1.54) is 36.4 Å². The van der Waals surface area contributed by atoms with E-state index in [1.54, 1.807) is 36.4 Å². The van der Waals surface area contributed by atoms with Crippen molar-refractivity contribution in [3.8, 4) is 89.0 Å². The van der Waals surface area contributed by atoms with E-state index in [2.05, 4.69) is 42.5 Å². The lowest BCUT2D eigenvalue weighted by Crippen LogP contribution is -1.99. The molecule has 0 atom stereocenters. The standard InChI is InChI=1S/C55H40O9S3/c1-36-12-14-37(15-13-36)48-32-34-50(39-22-28-46(29-23-39)66(59,60)61)54(52(48)41-8-4-2-5-9-41)43-16-18-44(19-17-43)55-51(40-24-30-47(31-25-40)67(62,63)64)35-33-49(53(55)42-10-6-3-7-11-42)38-20-26-45(27-21-38)65(56,57)58/h2-35H,1H3,(H,56,57,58)(H,59,60,61)(H,62,63,64). The summed E-state index contributed by atoms with van der Waals surface area (Å²) in [5.74, 6) is 0. The minimum absolute atomic E-state index is 0.226. The van der Waals surface area contributed by atoms with Crippen molar-refractivity contribution < 1.29 is 38.9 Å². The molecule has 3 N–H and O–H groups in total. The summed E-state index contributed by atoms with van der Waals surface area (Å²) in [6.45, 7) is 2.03. The molecule has 0 fully saturated rings. The number of hydrogen-bond donors (Lipinski definition) is 3. The molecule has 332 valence electrons. The molecular weight excluding hydrogens is 901 g/mol. The van der Waals surface area contributed by atoms with Gasteiger partial charge in [0.05, 0.1) is 14.7 Å². The van der Waals surface area contributed by atoms with Gasteiger partial charge in [-0.15, -0.1) is 0 Å². The molecule has 0 heterocycles. The molecule has 0 aliphatic rings. The average Bonchev–Trinajstić information content (AvgIpc) is 3.33. The zero-order valence-corrected chi connectivity index (χ0v) is 38.1. The van der Waals surface area contributed by atoms with Gasteiger partial charge in [-0.2, -0.15) is 25.3 Å². The second-order valence-corrected chi connectivity index (χ2v) is 20.3. The van der Waals surface area contributed by atoms with Crippen LogP contribution in [-0.2, 0) is 30.4 Å². The molecule has 9 nitrogen and oxygen atoms in total. The topological polar surface area (TPSA) is 163 Å². The van der Waals surface area contributed by atoms with Gasteiger partial charge in [-0.1, -0.05) is 175 Å². The zero-order chi connectivity index (χ0) is 47.1. The Morgan fingerprint density at radius 1 is 0.254 bits per heavy atom. The van der Waals surface area contributed by atoms with E-state index in [-0.39, 0.29) is 14.7 Å². The molecule has 0 aliphatic carbocycles. The van der Waals surface area contributed by atoms with Gasteiger partial charge in [0, 0.05) is 0 Å². The average molecular weight is 941 g/mol. The van der Waals surface area contributed by atoms with Crippen molar-refractivity contribution in [1.82, 2.24) is 0 Å². The Morgan fingerprint density at radius 2 is 0.463 bits per heavy atom. The first-order valence-corrected chi connectivity index (χ1v) is 25.2. The fraction of sp³-hybridized carbons (Fsp3) is 0.0182. The van der Waals surface area contributed by atoms with Crippen LogP contribution in [0.4, 0.5) is 0 Å². The number of benzene rings is 9. The summed E-state index contributed by atoms with van der Waals surface area (Å²) in [6, 6.07) is 62.0. The van der Waals surface area contributed by atoms with Crippen LogP contribution in [0.2, 0.25) is 0 Å². The number of rotatable bonds is 11. The monoisotopic (exact) mass is 940 g/mol. The highest BCUT2D eigenvalue weighted by molar-refractivity contribution is 7.86. The summed E-state index contributed by atoms with van der Waals surface area (Å²) < 4.78 is 102. The summed E-state index contributed by atoms with van der Waals surface area (Å²) in [4.78, 5) is -0.735. The molecule has 12 heteroatoms. The van der Waals surface area contributed by atoms with E-state index in [9.17, 15) is 38.9 Å². The fourth-order valence-corrected chi connectivity index (χ4v) is 9.97. The molecule has 0 aliphatic heterocycles. The van der Waals surface area contributed by atoms with E-state index < -0.39 is 30.4 Å². The first-order valence-electron chi connectivity index (χ1n) is 20.9. The third-order valence-electron chi connectivity index (χ3n) is 11.7. The van der Waals surface area contributed by atoms with Crippen molar-refractivity contribution in [2.24, 2.45) is 0 Å². The molecular formula is C55H40O9S3. The van der Waals surface area contributed by atoms with E-state index in [4.69, 9.17) is 0 Å². The lowest BCUT2D eigenvalue weighted by molar-refractivity contribution is 0.481. The van der Waals surface area contributed by atoms with Crippen LogP contribution in [0, 0.1) is 6.92 Å². The predicted octanol–water partition coefficient (Wildman–Crippen LogP) is 13.1. The maximum atomic E-state index is 12.1. The molecule has 9 rings (SSSR count). The van der Waals surface area contributed by atoms with Crippen LogP contribution >= 0.6 is 0 Å². The Balaban J connectivity index is 1.32. The van der Waals surface area contributed by atoms with Crippen LogP contribution in [0.5, 0.6) is 0 Å². The third kappa shape index (κ3) is 9.27. The van der Waals surface area contributed by atoms with E-state index >= 15 is 0 Å². The van der Waals surface area contributed by atoms with Crippen LogP contribution < -0.4 is 0 Å². The highest BCUT2D eigenvalue weighted by Gasteiger charge is 2.24. The third-order valence-corrected chi connectivity index (χ3v) is 14.4. The first-order chi connectivity index (χ1) is 32.0. The van der Waals surface area contributed by atoms with Crippen molar-refractivity contribution in [2.45, 2.75) is 21.6 Å². The molecule has 0 aromatic heterocycles. The van der Waals surface area contributed by atoms with Gasteiger partial charge in [-0.05, 0) is 132 Å². The van der Waals surface area contributed by atoms with Gasteiger partial charge in [-0.25, -0.2) is 0 Å². The molecule has 0 unspecified atom stereocenters. The van der Waals surface area contributed by atoms with Gasteiger partial charge >= 0.3 is 0 Å². The second-order valence-electron chi connectivity index (χ2n) is 16.0. The number of aryl methyl sites for hydroxylation is 1. The van der Waals surface area contributed by atoms with Crippen molar-refractivity contribution in [2.75, 3.05) is 0 Å². The Morgan fingerprint density at radius 3 is 0.701 bits per heavy atom. The summed E-state index contributed by atoms with van der Waals surface area (Å²) in [7, 11) is -13.4. The summed E-state index contributed by atoms with van der Waals surface area (Å²) in [5.41, 5.74) is 14.2. The van der Waals surface area contributed by atoms with Gasteiger partial charge in [-0.3, -0.25) is 13.7 Å². The second kappa shape index (κ2) is 17.8. The van der Waals surface area contributed by atoms with Crippen molar-refractivity contribution in [1.29, 1.82) is 0 Å². The molecule has 0 saturated carbocycles. The van der Waals surface area contributed by atoms with Gasteiger partial charge in [0.25, 0.3) is 30.4 Å². The van der Waals surface area contributed by atoms with Crippen LogP contribution in [0.25, 0.3) is 89.0 Å². The maximum absolute atomic E-state index is 12.1. The predicted molar refractivity (Wildman–Crippen MR) is 264 cm³/mol. The SMILES string of the molecule is Cc1ccc(-c2ccc(-c3ccc(S(=O)(=O)O)cc3)c(-c3ccc(-c4c(-c5ccc(S(=O)(=O)O)cc5)ccc(-c5ccc(S(=O)(=O)O)cc5)c4-c4ccccc4)cc3)c2-c2ccccc2)cc1. The molecule has 0 amide bonds. The first kappa shape index (κ1) is 44.9. The fourth-order valence-electron chi connectivity index (χ4n) is 8.53. The summed E-state index contributed by atoms with van der Waals surface area (Å²) in [6.07, 6.45) is 0. The van der Waals surface area contributed by atoms with Gasteiger partial charge in [0.15, 0.2) is 0 Å². The molecule has 9 aromatic carbocycles. The van der Waals surface area contributed by atoms with Gasteiger partial charge < -0.3 is 0 Å². The normalized spacial score (nSPS) is 11.9.